The van der Waals surface area contributed by atoms with Gasteiger partial charge in [-0.25, -0.2) is 9.97 Å². The number of nitrogens with zero attached hydrogens (tertiary/aromatic N) is 5. The monoisotopic (exact) mass is 502 g/mol. The number of amides is 2. The first kappa shape index (κ1) is 25.0. The van der Waals surface area contributed by atoms with Crippen LogP contribution in [-0.4, -0.2) is 60.4 Å². The highest BCUT2D eigenvalue weighted by Gasteiger charge is 2.64. The van der Waals surface area contributed by atoms with Crippen molar-refractivity contribution in [2.45, 2.75) is 85.0 Å². The average molecular weight is 503 g/mol. The molecule has 0 bridgehead atoms. The molecule has 9 nitrogen and oxygen atoms in total. The summed E-state index contributed by atoms with van der Waals surface area (Å²) >= 11 is 0. The number of piperidine rings is 1. The largest absolute Gasteiger partial charge is 0.352 e. The summed E-state index contributed by atoms with van der Waals surface area (Å²) in [7, 11) is 0. The number of hydrogen-bond acceptors (Lipinski definition) is 6. The van der Waals surface area contributed by atoms with Crippen molar-refractivity contribution in [3.8, 4) is 11.1 Å². The number of likely N-dealkylation sites (tertiary alicyclic amines) is 1. The molecular weight excluding hydrogens is 468 g/mol. The van der Waals surface area contributed by atoms with E-state index in [9.17, 15) is 14.4 Å². The number of carbonyl (C=O) groups is 3. The number of benzene rings is 1. The minimum Gasteiger partial charge on any atom is -0.352 e. The Labute approximate surface area is 216 Å². The smallest absolute Gasteiger partial charge is 0.245 e. The zero-order valence-electron chi connectivity index (χ0n) is 22.1. The van der Waals surface area contributed by atoms with E-state index in [0.717, 1.165) is 30.4 Å². The van der Waals surface area contributed by atoms with Crippen LogP contribution >= 0.6 is 0 Å². The van der Waals surface area contributed by atoms with Crippen LogP contribution in [0.4, 0.5) is 0 Å². The molecule has 3 aromatic rings. The molecule has 0 unspecified atom stereocenters. The van der Waals surface area contributed by atoms with E-state index < -0.39 is 6.04 Å². The number of Topliss-reactive ketones (excluding diaryl/α,β-unsaturated/α-hetero) is 1. The molecule has 2 amide bonds. The van der Waals surface area contributed by atoms with Crippen LogP contribution in [0.15, 0.2) is 30.6 Å². The van der Waals surface area contributed by atoms with Crippen molar-refractivity contribution in [1.82, 2.24) is 30.0 Å². The lowest BCUT2D eigenvalue weighted by Gasteiger charge is -2.28. The van der Waals surface area contributed by atoms with Gasteiger partial charge in [0.25, 0.3) is 0 Å². The van der Waals surface area contributed by atoms with Gasteiger partial charge in [0.05, 0.1) is 5.52 Å². The molecule has 1 aliphatic carbocycles. The Morgan fingerprint density at radius 3 is 2.57 bits per heavy atom. The molecule has 2 aromatic heterocycles. The lowest BCUT2D eigenvalue weighted by atomic mass is 10.0. The third-order valence-electron chi connectivity index (χ3n) is 7.82. The van der Waals surface area contributed by atoms with Crippen LogP contribution in [0.2, 0.25) is 0 Å². The van der Waals surface area contributed by atoms with Gasteiger partial charge in [-0.05, 0) is 56.2 Å². The summed E-state index contributed by atoms with van der Waals surface area (Å²) in [5.41, 5.74) is 2.71. The Hall–Kier alpha value is -3.62. The van der Waals surface area contributed by atoms with E-state index in [4.69, 9.17) is 0 Å². The molecule has 2 fully saturated rings. The summed E-state index contributed by atoms with van der Waals surface area (Å²) < 4.78 is 1.59. The molecule has 1 aromatic carbocycles. The van der Waals surface area contributed by atoms with Crippen molar-refractivity contribution in [3.63, 3.8) is 0 Å². The lowest BCUT2D eigenvalue weighted by molar-refractivity contribution is -0.140. The molecule has 0 radical (unpaired) electrons. The van der Waals surface area contributed by atoms with Gasteiger partial charge in [0.2, 0.25) is 11.8 Å². The summed E-state index contributed by atoms with van der Waals surface area (Å²) in [5, 5.41) is 8.31. The van der Waals surface area contributed by atoms with Gasteiger partial charge in [-0.15, -0.1) is 0 Å². The van der Waals surface area contributed by atoms with E-state index in [-0.39, 0.29) is 41.6 Å². The second kappa shape index (κ2) is 9.36. The van der Waals surface area contributed by atoms with Gasteiger partial charge in [-0.3, -0.25) is 19.1 Å². The van der Waals surface area contributed by atoms with Crippen LogP contribution in [0.25, 0.3) is 22.0 Å². The minimum absolute atomic E-state index is 0.00655. The molecule has 2 aliphatic rings. The van der Waals surface area contributed by atoms with E-state index >= 15 is 0 Å². The second-order valence-corrected chi connectivity index (χ2v) is 10.9. The molecular formula is C28H34N6O3. The van der Waals surface area contributed by atoms with E-state index in [2.05, 4.69) is 34.2 Å². The lowest BCUT2D eigenvalue weighted by Crippen LogP contribution is -2.50. The van der Waals surface area contributed by atoms with Gasteiger partial charge in [0, 0.05) is 42.4 Å². The minimum atomic E-state index is -0.474. The Balaban J connectivity index is 1.43. The summed E-state index contributed by atoms with van der Waals surface area (Å²) in [5.74, 6) is 0.278. The van der Waals surface area contributed by atoms with Crippen LogP contribution in [-0.2, 0) is 16.1 Å². The molecule has 194 valence electrons. The van der Waals surface area contributed by atoms with Crippen molar-refractivity contribution >= 4 is 28.5 Å². The van der Waals surface area contributed by atoms with E-state index in [1.165, 1.54) is 6.92 Å². The molecule has 4 atom stereocenters. The molecule has 9 heteroatoms. The summed E-state index contributed by atoms with van der Waals surface area (Å²) in [6.07, 6.45) is 6.96. The zero-order chi connectivity index (χ0) is 26.5. The molecule has 1 aliphatic heterocycles. The molecule has 5 rings (SSSR count). The predicted molar refractivity (Wildman–Crippen MR) is 140 cm³/mol. The fourth-order valence-corrected chi connectivity index (χ4v) is 5.70. The Morgan fingerprint density at radius 1 is 1.16 bits per heavy atom. The number of fused-ring (bicyclic) bond motifs is 2. The second-order valence-electron chi connectivity index (χ2n) is 10.9. The van der Waals surface area contributed by atoms with E-state index in [0.29, 0.717) is 28.8 Å². The van der Waals surface area contributed by atoms with Crippen molar-refractivity contribution in [2.24, 2.45) is 5.41 Å². The van der Waals surface area contributed by atoms with Crippen LogP contribution in [0.3, 0.4) is 0 Å². The third kappa shape index (κ3) is 4.63. The average Bonchev–Trinajstić information content (AvgIpc) is 3.22. The first-order valence-corrected chi connectivity index (χ1v) is 13.0. The van der Waals surface area contributed by atoms with Crippen LogP contribution in [0.5, 0.6) is 0 Å². The summed E-state index contributed by atoms with van der Waals surface area (Å²) in [4.78, 5) is 49.5. The topological polar surface area (TPSA) is 110 Å². The fraction of sp³-hybridized carbons (Fsp3) is 0.500. The number of carbonyl (C=O) groups excluding carboxylic acids is 3. The molecule has 0 spiro atoms. The Morgan fingerprint density at radius 2 is 1.89 bits per heavy atom. The van der Waals surface area contributed by atoms with Gasteiger partial charge in [0.15, 0.2) is 5.78 Å². The van der Waals surface area contributed by atoms with Crippen LogP contribution < -0.4 is 5.32 Å². The SMILES string of the molecule is CCC[C@H](C)NC(=O)[C@@H]1C[C@@]2(C)C[C@H]2N1C(=O)Cn1nc(C(C)=O)c2cc(-c3cnc(C)nc3)ccc21. The van der Waals surface area contributed by atoms with Crippen molar-refractivity contribution in [3.05, 3.63) is 42.1 Å². The number of aryl methyl sites for hydroxylation is 1. The first-order chi connectivity index (χ1) is 17.6. The van der Waals surface area contributed by atoms with E-state index in [1.807, 2.05) is 32.0 Å². The van der Waals surface area contributed by atoms with Gasteiger partial charge in [-0.1, -0.05) is 26.3 Å². The summed E-state index contributed by atoms with van der Waals surface area (Å²) in [6, 6.07) is 5.35. The van der Waals surface area contributed by atoms with Gasteiger partial charge >= 0.3 is 0 Å². The van der Waals surface area contributed by atoms with Crippen molar-refractivity contribution in [2.75, 3.05) is 0 Å². The molecule has 3 heterocycles. The normalized spacial score (nSPS) is 23.1. The van der Waals surface area contributed by atoms with Gasteiger partial charge in [-0.2, -0.15) is 5.10 Å². The highest BCUT2D eigenvalue weighted by atomic mass is 16.2. The number of nitrogens with one attached hydrogen (secondary N) is 1. The van der Waals surface area contributed by atoms with Crippen LogP contribution in [0.1, 0.15) is 69.7 Å². The fourth-order valence-electron chi connectivity index (χ4n) is 5.70. The number of rotatable bonds is 8. The van der Waals surface area contributed by atoms with Crippen LogP contribution in [0, 0.1) is 12.3 Å². The Bertz CT molecular complexity index is 1380. The quantitative estimate of drug-likeness (QED) is 0.471. The summed E-state index contributed by atoms with van der Waals surface area (Å²) in [6.45, 7) is 9.51. The molecule has 37 heavy (non-hydrogen) atoms. The zero-order valence-corrected chi connectivity index (χ0v) is 22.1. The first-order valence-electron chi connectivity index (χ1n) is 13.0. The van der Waals surface area contributed by atoms with Crippen molar-refractivity contribution < 1.29 is 14.4 Å². The predicted octanol–water partition coefficient (Wildman–Crippen LogP) is 3.69. The van der Waals surface area contributed by atoms with E-state index in [1.54, 1.807) is 22.0 Å². The maximum atomic E-state index is 13.6. The maximum absolute atomic E-state index is 13.6. The van der Waals surface area contributed by atoms with Crippen molar-refractivity contribution in [1.29, 1.82) is 0 Å². The molecule has 1 N–H and O–H groups in total. The third-order valence-corrected chi connectivity index (χ3v) is 7.82. The number of ketones is 1. The van der Waals surface area contributed by atoms with Gasteiger partial charge in [0.1, 0.15) is 24.1 Å². The highest BCUT2D eigenvalue weighted by molar-refractivity contribution is 6.06. The number of aromatic nitrogens is 4. The maximum Gasteiger partial charge on any atom is 0.245 e. The highest BCUT2D eigenvalue weighted by Crippen LogP contribution is 2.59. The number of hydrogen-bond donors (Lipinski definition) is 1. The molecule has 1 saturated carbocycles. The Kier molecular flexibility index (Phi) is 6.33. The standard InChI is InChI=1S/C28H34N6O3/c1-6-7-16(2)31-27(37)23-11-28(5)12-24(28)34(23)25(36)15-33-22-9-8-19(20-13-29-18(4)30-14-20)10-21(22)26(32-33)17(3)35/h8-10,13-14,16,23-24H,6-7,11-12,15H2,1-5H3,(H,31,37)/t16-,23-,24+,28-/m0/s1. The molecule has 1 saturated heterocycles. The van der Waals surface area contributed by atoms with Gasteiger partial charge < -0.3 is 10.2 Å².